The molecule has 0 saturated carbocycles. The van der Waals surface area contributed by atoms with Gasteiger partial charge in [0.2, 0.25) is 11.9 Å². The molecule has 0 radical (unpaired) electrons. The number of nitrogen functional groups attached to an aromatic ring is 1. The first kappa shape index (κ1) is 17.0. The summed E-state index contributed by atoms with van der Waals surface area (Å²) in [5.74, 6) is 2.13. The van der Waals surface area contributed by atoms with Crippen LogP contribution in [-0.2, 0) is 13.0 Å². The molecule has 7 heteroatoms. The zero-order valence-electron chi connectivity index (χ0n) is 15.3. The fraction of sp³-hybridized carbons (Fsp3) is 0.200. The van der Waals surface area contributed by atoms with Crippen LogP contribution in [0.3, 0.4) is 0 Å². The van der Waals surface area contributed by atoms with Crippen molar-refractivity contribution in [2.24, 2.45) is 0 Å². The van der Waals surface area contributed by atoms with Gasteiger partial charge in [-0.3, -0.25) is 0 Å². The Morgan fingerprint density at radius 2 is 1.74 bits per heavy atom. The number of hydrogen-bond donors (Lipinski definition) is 2. The molecule has 4 rings (SSSR count). The molecule has 7 nitrogen and oxygen atoms in total. The van der Waals surface area contributed by atoms with Crippen LogP contribution >= 0.6 is 0 Å². The number of nitrogens with zero attached hydrogens (tertiary/aromatic N) is 5. The summed E-state index contributed by atoms with van der Waals surface area (Å²) < 4.78 is 2.08. The Hall–Kier alpha value is -3.48. The van der Waals surface area contributed by atoms with Gasteiger partial charge in [0.05, 0.1) is 17.6 Å². The van der Waals surface area contributed by atoms with Gasteiger partial charge in [0, 0.05) is 5.69 Å². The molecule has 4 aromatic rings. The molecule has 2 aromatic heterocycles. The minimum absolute atomic E-state index is 0.193. The number of aryl methyl sites for hydroxylation is 2. The van der Waals surface area contributed by atoms with Crippen LogP contribution in [0, 0.1) is 6.92 Å². The third-order valence-electron chi connectivity index (χ3n) is 4.49. The van der Waals surface area contributed by atoms with Crippen LogP contribution in [0.4, 0.5) is 17.6 Å². The molecule has 2 aromatic carbocycles. The van der Waals surface area contributed by atoms with Gasteiger partial charge in [-0.05, 0) is 37.1 Å². The lowest BCUT2D eigenvalue weighted by molar-refractivity contribution is 0.733. The molecule has 0 bridgehead atoms. The van der Waals surface area contributed by atoms with Gasteiger partial charge < -0.3 is 15.6 Å². The Morgan fingerprint density at radius 3 is 2.59 bits per heavy atom. The third-order valence-corrected chi connectivity index (χ3v) is 4.49. The van der Waals surface area contributed by atoms with Crippen molar-refractivity contribution in [3.8, 4) is 0 Å². The molecule has 0 saturated heterocycles. The van der Waals surface area contributed by atoms with Crippen molar-refractivity contribution in [3.63, 3.8) is 0 Å². The normalized spacial score (nSPS) is 11.0. The van der Waals surface area contributed by atoms with E-state index in [1.54, 1.807) is 0 Å². The van der Waals surface area contributed by atoms with E-state index in [0.717, 1.165) is 29.0 Å². The number of anilines is 3. The molecule has 0 aliphatic rings. The lowest BCUT2D eigenvalue weighted by atomic mass is 10.1. The van der Waals surface area contributed by atoms with Crippen molar-refractivity contribution in [1.82, 2.24) is 24.5 Å². The maximum Gasteiger partial charge on any atom is 0.232 e. The number of rotatable bonds is 5. The lowest BCUT2D eigenvalue weighted by Gasteiger charge is -2.11. The van der Waals surface area contributed by atoms with E-state index in [4.69, 9.17) is 5.73 Å². The number of benzene rings is 2. The minimum atomic E-state index is 0.193. The van der Waals surface area contributed by atoms with E-state index in [1.165, 1.54) is 5.56 Å². The first-order chi connectivity index (χ1) is 13.1. The van der Waals surface area contributed by atoms with Crippen molar-refractivity contribution in [1.29, 1.82) is 0 Å². The maximum atomic E-state index is 5.94. The van der Waals surface area contributed by atoms with Crippen molar-refractivity contribution in [2.45, 2.75) is 26.8 Å². The number of para-hydroxylation sites is 3. The third kappa shape index (κ3) is 3.44. The van der Waals surface area contributed by atoms with E-state index < -0.39 is 0 Å². The summed E-state index contributed by atoms with van der Waals surface area (Å²) in [5.41, 5.74) is 10.1. The standard InChI is InChI=1S/C20H21N7/c1-3-14-8-4-5-9-15(14)23-20-25-18(24-19(21)26-20)12-27-13(2)22-16-10-6-7-11-17(16)27/h4-11H,3,12H2,1-2H3,(H3,21,23,24,25,26). The predicted molar refractivity (Wildman–Crippen MR) is 107 cm³/mol. The van der Waals surface area contributed by atoms with Crippen LogP contribution in [0.15, 0.2) is 48.5 Å². The van der Waals surface area contributed by atoms with Crippen LogP contribution in [0.5, 0.6) is 0 Å². The van der Waals surface area contributed by atoms with Crippen LogP contribution in [0.1, 0.15) is 24.1 Å². The molecule has 0 amide bonds. The molecule has 0 aliphatic heterocycles. The second kappa shape index (κ2) is 7.03. The Labute approximate surface area is 157 Å². The molecule has 0 atom stereocenters. The monoisotopic (exact) mass is 359 g/mol. The number of hydrogen-bond acceptors (Lipinski definition) is 6. The molecular weight excluding hydrogens is 338 g/mol. The first-order valence-electron chi connectivity index (χ1n) is 8.91. The first-order valence-corrected chi connectivity index (χ1v) is 8.91. The van der Waals surface area contributed by atoms with Crippen molar-refractivity contribution in [3.05, 3.63) is 65.7 Å². The molecule has 0 spiro atoms. The zero-order valence-corrected chi connectivity index (χ0v) is 15.3. The Kier molecular flexibility index (Phi) is 4.42. The lowest BCUT2D eigenvalue weighted by Crippen LogP contribution is -2.11. The highest BCUT2D eigenvalue weighted by Gasteiger charge is 2.11. The van der Waals surface area contributed by atoms with Crippen LogP contribution in [0.2, 0.25) is 0 Å². The van der Waals surface area contributed by atoms with Gasteiger partial charge in [-0.25, -0.2) is 4.98 Å². The van der Waals surface area contributed by atoms with Crippen molar-refractivity contribution in [2.75, 3.05) is 11.1 Å². The molecular formula is C20H21N7. The number of aromatic nitrogens is 5. The SMILES string of the molecule is CCc1ccccc1Nc1nc(N)nc(Cn2c(C)nc3ccccc32)n1. The predicted octanol–water partition coefficient (Wildman–Crippen LogP) is 3.47. The number of imidazole rings is 1. The smallest absolute Gasteiger partial charge is 0.232 e. The average Bonchev–Trinajstić information content (AvgIpc) is 2.97. The van der Waals surface area contributed by atoms with Gasteiger partial charge >= 0.3 is 0 Å². The second-order valence-corrected chi connectivity index (χ2v) is 6.30. The fourth-order valence-electron chi connectivity index (χ4n) is 3.17. The number of nitrogens with two attached hydrogens (primary N) is 1. The summed E-state index contributed by atoms with van der Waals surface area (Å²) in [4.78, 5) is 17.7. The van der Waals surface area contributed by atoms with Gasteiger partial charge in [-0.1, -0.05) is 37.3 Å². The quantitative estimate of drug-likeness (QED) is 0.567. The van der Waals surface area contributed by atoms with Gasteiger partial charge in [0.25, 0.3) is 0 Å². The van der Waals surface area contributed by atoms with Crippen LogP contribution < -0.4 is 11.1 Å². The van der Waals surface area contributed by atoms with Crippen molar-refractivity contribution >= 4 is 28.6 Å². The summed E-state index contributed by atoms with van der Waals surface area (Å²) in [6.07, 6.45) is 0.914. The Balaban J connectivity index is 1.67. The molecule has 0 unspecified atom stereocenters. The highest BCUT2D eigenvalue weighted by Crippen LogP contribution is 2.20. The van der Waals surface area contributed by atoms with Crippen LogP contribution in [-0.4, -0.2) is 24.5 Å². The van der Waals surface area contributed by atoms with E-state index in [0.29, 0.717) is 18.3 Å². The minimum Gasteiger partial charge on any atom is -0.368 e. The summed E-state index contributed by atoms with van der Waals surface area (Å²) in [6.45, 7) is 4.56. The zero-order chi connectivity index (χ0) is 18.8. The molecule has 3 N–H and O–H groups in total. The summed E-state index contributed by atoms with van der Waals surface area (Å²) in [5, 5.41) is 3.27. The largest absolute Gasteiger partial charge is 0.368 e. The summed E-state index contributed by atoms with van der Waals surface area (Å²) in [7, 11) is 0. The van der Waals surface area contributed by atoms with Crippen LogP contribution in [0.25, 0.3) is 11.0 Å². The van der Waals surface area contributed by atoms with Crippen molar-refractivity contribution < 1.29 is 0 Å². The van der Waals surface area contributed by atoms with E-state index in [-0.39, 0.29) is 5.95 Å². The summed E-state index contributed by atoms with van der Waals surface area (Å²) in [6, 6.07) is 16.1. The number of nitrogens with one attached hydrogen (secondary N) is 1. The van der Waals surface area contributed by atoms with E-state index in [9.17, 15) is 0 Å². The highest BCUT2D eigenvalue weighted by molar-refractivity contribution is 5.75. The van der Waals surface area contributed by atoms with Gasteiger partial charge in [-0.15, -0.1) is 0 Å². The van der Waals surface area contributed by atoms with Gasteiger partial charge in [-0.2, -0.15) is 15.0 Å². The topological polar surface area (TPSA) is 94.5 Å². The van der Waals surface area contributed by atoms with E-state index >= 15 is 0 Å². The summed E-state index contributed by atoms with van der Waals surface area (Å²) >= 11 is 0. The van der Waals surface area contributed by atoms with Gasteiger partial charge in [0.15, 0.2) is 5.82 Å². The Morgan fingerprint density at radius 1 is 0.963 bits per heavy atom. The second-order valence-electron chi connectivity index (χ2n) is 6.30. The molecule has 27 heavy (non-hydrogen) atoms. The number of fused-ring (bicyclic) bond motifs is 1. The molecule has 2 heterocycles. The van der Waals surface area contributed by atoms with Gasteiger partial charge in [0.1, 0.15) is 5.82 Å². The molecule has 136 valence electrons. The molecule has 0 fully saturated rings. The Bertz CT molecular complexity index is 1100. The maximum absolute atomic E-state index is 5.94. The van der Waals surface area contributed by atoms with E-state index in [2.05, 4.69) is 42.8 Å². The highest BCUT2D eigenvalue weighted by atomic mass is 15.2. The molecule has 0 aliphatic carbocycles. The average molecular weight is 359 g/mol. The van der Waals surface area contributed by atoms with E-state index in [1.807, 2.05) is 49.4 Å². The fourth-order valence-corrected chi connectivity index (χ4v) is 3.17.